The molecule has 0 aromatic heterocycles. The Morgan fingerprint density at radius 3 is 2.44 bits per heavy atom. The highest BCUT2D eigenvalue weighted by Crippen LogP contribution is 2.46. The van der Waals surface area contributed by atoms with E-state index >= 15 is 0 Å². The zero-order valence-electron chi connectivity index (χ0n) is 16.5. The first-order valence-electron chi connectivity index (χ1n) is 10.3. The van der Waals surface area contributed by atoms with Crippen LogP contribution in [0.1, 0.15) is 38.7 Å². The van der Waals surface area contributed by atoms with Crippen molar-refractivity contribution in [3.05, 3.63) is 35.9 Å². The van der Waals surface area contributed by atoms with Gasteiger partial charge in [-0.1, -0.05) is 36.8 Å². The summed E-state index contributed by atoms with van der Waals surface area (Å²) in [6, 6.07) is 10.6. The van der Waals surface area contributed by atoms with Crippen molar-refractivity contribution in [2.45, 2.75) is 45.7 Å². The number of carbonyl (C=O) groups excluding carboxylic acids is 2. The van der Waals surface area contributed by atoms with Gasteiger partial charge in [0.1, 0.15) is 0 Å². The molecule has 0 radical (unpaired) electrons. The molecule has 1 aromatic carbocycles. The maximum absolute atomic E-state index is 12.9. The molecule has 27 heavy (non-hydrogen) atoms. The molecule has 2 saturated heterocycles. The Labute approximate surface area is 162 Å². The summed E-state index contributed by atoms with van der Waals surface area (Å²) in [6.45, 7) is 8.03. The number of rotatable bonds is 5. The minimum absolute atomic E-state index is 0.0333. The molecule has 1 spiro atoms. The zero-order chi connectivity index (χ0) is 19.0. The quantitative estimate of drug-likeness (QED) is 0.866. The van der Waals surface area contributed by atoms with Gasteiger partial charge < -0.3 is 10.2 Å². The van der Waals surface area contributed by atoms with E-state index in [1.54, 1.807) is 0 Å². The van der Waals surface area contributed by atoms with Gasteiger partial charge in [0.25, 0.3) is 0 Å². The normalized spacial score (nSPS) is 24.7. The van der Waals surface area contributed by atoms with Gasteiger partial charge >= 0.3 is 0 Å². The molecule has 2 heterocycles. The average molecular weight is 370 g/mol. The fourth-order valence-electron chi connectivity index (χ4n) is 4.88. The van der Waals surface area contributed by atoms with Crippen molar-refractivity contribution in [1.29, 1.82) is 0 Å². The number of nitrogens with one attached hydrogen (secondary N) is 1. The van der Waals surface area contributed by atoms with Crippen LogP contribution in [0, 0.1) is 17.3 Å². The number of hydrogen-bond acceptors (Lipinski definition) is 3. The minimum Gasteiger partial charge on any atom is -0.354 e. The summed E-state index contributed by atoms with van der Waals surface area (Å²) in [4.78, 5) is 29.9. The van der Waals surface area contributed by atoms with Crippen LogP contribution in [0.3, 0.4) is 0 Å². The third-order valence-corrected chi connectivity index (χ3v) is 6.49. The molecule has 146 valence electrons. The van der Waals surface area contributed by atoms with Crippen molar-refractivity contribution >= 4 is 11.8 Å². The van der Waals surface area contributed by atoms with Crippen LogP contribution < -0.4 is 5.32 Å². The lowest BCUT2D eigenvalue weighted by atomic mass is 9.70. The lowest BCUT2D eigenvalue weighted by molar-refractivity contribution is -0.155. The first-order valence-corrected chi connectivity index (χ1v) is 10.3. The molecule has 5 heteroatoms. The van der Waals surface area contributed by atoms with Crippen molar-refractivity contribution in [3.63, 3.8) is 0 Å². The molecule has 3 fully saturated rings. The van der Waals surface area contributed by atoms with Crippen molar-refractivity contribution in [2.75, 3.05) is 26.2 Å². The maximum Gasteiger partial charge on any atom is 0.225 e. The average Bonchev–Trinajstić information content (AvgIpc) is 2.91. The molecule has 1 atom stereocenters. The summed E-state index contributed by atoms with van der Waals surface area (Å²) in [6.07, 6.45) is 3.26. The van der Waals surface area contributed by atoms with Crippen LogP contribution in [-0.4, -0.2) is 53.8 Å². The predicted octanol–water partition coefficient (Wildman–Crippen LogP) is 2.27. The molecule has 1 aliphatic carbocycles. The summed E-state index contributed by atoms with van der Waals surface area (Å²) in [5.41, 5.74) is 1.20. The van der Waals surface area contributed by atoms with Crippen LogP contribution >= 0.6 is 0 Å². The van der Waals surface area contributed by atoms with Crippen molar-refractivity contribution < 1.29 is 9.59 Å². The highest BCUT2D eigenvalue weighted by Gasteiger charge is 2.58. The zero-order valence-corrected chi connectivity index (χ0v) is 16.5. The monoisotopic (exact) mass is 369 g/mol. The summed E-state index contributed by atoms with van der Waals surface area (Å²) < 4.78 is 0. The van der Waals surface area contributed by atoms with Gasteiger partial charge in [0.2, 0.25) is 11.8 Å². The molecule has 1 unspecified atom stereocenters. The molecule has 2 amide bonds. The molecule has 4 rings (SSSR count). The Bertz CT molecular complexity index is 693. The molecule has 2 aliphatic heterocycles. The van der Waals surface area contributed by atoms with E-state index in [2.05, 4.69) is 34.5 Å². The molecule has 5 nitrogen and oxygen atoms in total. The first kappa shape index (κ1) is 18.5. The number of benzene rings is 1. The van der Waals surface area contributed by atoms with Crippen LogP contribution in [0.15, 0.2) is 30.3 Å². The van der Waals surface area contributed by atoms with E-state index in [4.69, 9.17) is 0 Å². The smallest absolute Gasteiger partial charge is 0.225 e. The van der Waals surface area contributed by atoms with E-state index in [9.17, 15) is 9.59 Å². The Kier molecular flexibility index (Phi) is 4.97. The van der Waals surface area contributed by atoms with E-state index in [1.165, 1.54) is 12.0 Å². The number of hydrogen-bond donors (Lipinski definition) is 1. The van der Waals surface area contributed by atoms with Gasteiger partial charge in [0.15, 0.2) is 0 Å². The number of carbonyl (C=O) groups is 2. The van der Waals surface area contributed by atoms with Crippen molar-refractivity contribution in [1.82, 2.24) is 15.1 Å². The number of likely N-dealkylation sites (tertiary alicyclic amines) is 2. The second kappa shape index (κ2) is 7.27. The van der Waals surface area contributed by atoms with E-state index in [0.29, 0.717) is 5.91 Å². The molecular formula is C22H31N3O2. The maximum atomic E-state index is 12.9. The summed E-state index contributed by atoms with van der Waals surface area (Å²) in [5, 5.41) is 3.11. The topological polar surface area (TPSA) is 52.7 Å². The molecule has 1 aromatic rings. The largest absolute Gasteiger partial charge is 0.354 e. The standard InChI is InChI=1S/C22H31N3O2/c1-16(2)23-20(26)19-12-24(11-17-7-4-3-5-8-17)13-22(19)14-25(15-22)21(27)18-9-6-10-18/h3-5,7-8,16,18-19H,6,9-15H2,1-2H3,(H,23,26). The minimum atomic E-state index is -0.0762. The van der Waals surface area contributed by atoms with Gasteiger partial charge in [0.05, 0.1) is 5.92 Å². The van der Waals surface area contributed by atoms with Gasteiger partial charge in [0, 0.05) is 50.1 Å². The third-order valence-electron chi connectivity index (χ3n) is 6.49. The van der Waals surface area contributed by atoms with Gasteiger partial charge in [-0.15, -0.1) is 0 Å². The fraction of sp³-hybridized carbons (Fsp3) is 0.636. The van der Waals surface area contributed by atoms with Gasteiger partial charge in [-0.2, -0.15) is 0 Å². The molecular weight excluding hydrogens is 338 g/mol. The van der Waals surface area contributed by atoms with Crippen LogP contribution in [0.4, 0.5) is 0 Å². The fourth-order valence-corrected chi connectivity index (χ4v) is 4.88. The van der Waals surface area contributed by atoms with E-state index in [0.717, 1.165) is 45.6 Å². The highest BCUT2D eigenvalue weighted by atomic mass is 16.2. The van der Waals surface area contributed by atoms with Crippen LogP contribution in [0.25, 0.3) is 0 Å². The van der Waals surface area contributed by atoms with Crippen LogP contribution in [0.2, 0.25) is 0 Å². The van der Waals surface area contributed by atoms with Gasteiger partial charge in [-0.3, -0.25) is 14.5 Å². The summed E-state index contributed by atoms with van der Waals surface area (Å²) >= 11 is 0. The Morgan fingerprint density at radius 2 is 1.85 bits per heavy atom. The molecule has 3 aliphatic rings. The summed E-state index contributed by atoms with van der Waals surface area (Å²) in [7, 11) is 0. The third kappa shape index (κ3) is 3.62. The Balaban J connectivity index is 1.45. The SMILES string of the molecule is CC(C)NC(=O)C1CN(Cc2ccccc2)CC12CN(C(=O)C1CCC1)C2. The van der Waals surface area contributed by atoms with E-state index in [-0.39, 0.29) is 29.2 Å². The van der Waals surface area contributed by atoms with Gasteiger partial charge in [-0.25, -0.2) is 0 Å². The van der Waals surface area contributed by atoms with Gasteiger partial charge in [-0.05, 0) is 32.3 Å². The second-order valence-corrected chi connectivity index (χ2v) is 9.06. The molecule has 1 saturated carbocycles. The summed E-state index contributed by atoms with van der Waals surface area (Å²) in [5.74, 6) is 0.675. The first-order chi connectivity index (χ1) is 13.0. The molecule has 1 N–H and O–H groups in total. The van der Waals surface area contributed by atoms with Crippen molar-refractivity contribution in [2.24, 2.45) is 17.3 Å². The Morgan fingerprint density at radius 1 is 1.15 bits per heavy atom. The highest BCUT2D eigenvalue weighted by molar-refractivity contribution is 5.83. The second-order valence-electron chi connectivity index (χ2n) is 9.06. The van der Waals surface area contributed by atoms with Crippen molar-refractivity contribution in [3.8, 4) is 0 Å². The predicted molar refractivity (Wildman–Crippen MR) is 105 cm³/mol. The number of nitrogens with zero attached hydrogens (tertiary/aromatic N) is 2. The lowest BCUT2D eigenvalue weighted by Crippen LogP contribution is -2.65. The van der Waals surface area contributed by atoms with E-state index in [1.807, 2.05) is 24.8 Å². The number of amides is 2. The van der Waals surface area contributed by atoms with E-state index < -0.39 is 0 Å². The van der Waals surface area contributed by atoms with Crippen LogP contribution in [-0.2, 0) is 16.1 Å². The molecule has 0 bridgehead atoms. The Hall–Kier alpha value is -1.88. The van der Waals surface area contributed by atoms with Crippen LogP contribution in [0.5, 0.6) is 0 Å². The lowest BCUT2D eigenvalue weighted by Gasteiger charge is -2.52.